The maximum atomic E-state index is 11.2. The number of aliphatic hydroxyl groups is 2. The van der Waals surface area contributed by atoms with Crippen LogP contribution in [0.2, 0.25) is 0 Å². The highest BCUT2D eigenvalue weighted by Crippen LogP contribution is 2.43. The van der Waals surface area contributed by atoms with Gasteiger partial charge >= 0.3 is 0 Å². The maximum absolute atomic E-state index is 11.2. The van der Waals surface area contributed by atoms with Gasteiger partial charge in [0.1, 0.15) is 11.9 Å². The van der Waals surface area contributed by atoms with Crippen LogP contribution < -0.4 is 0 Å². The maximum Gasteiger partial charge on any atom is 0.153 e. The summed E-state index contributed by atoms with van der Waals surface area (Å²) in [6.45, 7) is 0. The van der Waals surface area contributed by atoms with Gasteiger partial charge in [-0.25, -0.2) is 0 Å². The van der Waals surface area contributed by atoms with Crippen LogP contribution in [0.15, 0.2) is 48.2 Å². The van der Waals surface area contributed by atoms with Gasteiger partial charge in [0.2, 0.25) is 0 Å². The zero-order valence-corrected chi connectivity index (χ0v) is 13.0. The Hall–Kier alpha value is -1.58. The lowest BCUT2D eigenvalue weighted by atomic mass is 9.70. The molecule has 0 bridgehead atoms. The number of benzene rings is 1. The molecule has 0 radical (unpaired) electrons. The molecule has 1 saturated carbocycles. The van der Waals surface area contributed by atoms with Crippen LogP contribution in [0, 0.1) is 5.92 Å². The second-order valence-corrected chi connectivity index (χ2v) is 6.31. The summed E-state index contributed by atoms with van der Waals surface area (Å²) in [7, 11) is 1.57. The number of hydrogen-bond donors (Lipinski definition) is 2. The largest absolute Gasteiger partial charge is 0.498 e. The molecule has 0 heterocycles. The summed E-state index contributed by atoms with van der Waals surface area (Å²) >= 11 is 0. The van der Waals surface area contributed by atoms with Gasteiger partial charge in [0.05, 0.1) is 7.11 Å². The Kier molecular flexibility index (Phi) is 4.37. The van der Waals surface area contributed by atoms with Gasteiger partial charge in [-0.05, 0) is 42.0 Å². The summed E-state index contributed by atoms with van der Waals surface area (Å²) in [4.78, 5) is 0. The van der Waals surface area contributed by atoms with E-state index in [1.807, 2.05) is 36.4 Å². The molecule has 0 aliphatic heterocycles. The Labute approximate surface area is 131 Å². The normalized spacial score (nSPS) is 29.7. The van der Waals surface area contributed by atoms with E-state index in [2.05, 4.69) is 0 Å². The monoisotopic (exact) mass is 300 g/mol. The first kappa shape index (κ1) is 15.3. The predicted molar refractivity (Wildman–Crippen MR) is 87.0 cm³/mol. The van der Waals surface area contributed by atoms with Crippen molar-refractivity contribution in [1.29, 1.82) is 0 Å². The molecule has 0 aromatic heterocycles. The van der Waals surface area contributed by atoms with Gasteiger partial charge in [-0.15, -0.1) is 0 Å². The minimum Gasteiger partial charge on any atom is -0.498 e. The molecule has 3 heteroatoms. The lowest BCUT2D eigenvalue weighted by Gasteiger charge is -2.43. The first-order valence-corrected chi connectivity index (χ1v) is 8.10. The van der Waals surface area contributed by atoms with Crippen molar-refractivity contribution in [2.45, 2.75) is 43.8 Å². The first-order chi connectivity index (χ1) is 10.7. The molecule has 118 valence electrons. The quantitative estimate of drug-likeness (QED) is 0.900. The minimum absolute atomic E-state index is 0.0519. The first-order valence-electron chi connectivity index (χ1n) is 8.10. The van der Waals surface area contributed by atoms with Crippen molar-refractivity contribution in [1.82, 2.24) is 0 Å². The Morgan fingerprint density at radius 2 is 1.77 bits per heavy atom. The Bertz CT molecular complexity index is 570. The van der Waals surface area contributed by atoms with E-state index < -0.39 is 11.7 Å². The van der Waals surface area contributed by atoms with Gasteiger partial charge in [-0.1, -0.05) is 49.6 Å². The molecule has 2 unspecified atom stereocenters. The molecule has 0 saturated heterocycles. The number of ether oxygens (including phenoxy) is 1. The smallest absolute Gasteiger partial charge is 0.153 e. The van der Waals surface area contributed by atoms with E-state index in [9.17, 15) is 10.2 Å². The van der Waals surface area contributed by atoms with Crippen LogP contribution in [0.25, 0.3) is 5.57 Å². The number of hydrogen-bond acceptors (Lipinski definition) is 3. The second kappa shape index (κ2) is 6.27. The number of rotatable bonds is 3. The molecule has 1 fully saturated rings. The lowest BCUT2D eigenvalue weighted by molar-refractivity contribution is -0.104. The van der Waals surface area contributed by atoms with Crippen LogP contribution in [0.1, 0.15) is 37.7 Å². The highest BCUT2D eigenvalue weighted by atomic mass is 16.5. The molecule has 0 amide bonds. The minimum atomic E-state index is -1.30. The molecule has 1 aromatic carbocycles. The highest BCUT2D eigenvalue weighted by molar-refractivity contribution is 5.77. The fraction of sp³-hybridized carbons (Fsp3) is 0.474. The number of methoxy groups -OCH3 is 1. The standard InChI is InChI=1S/C19H24O3/c1-22-18-13-15(14-8-4-2-5-9-14)12-17(20)19(18,21)16-10-6-3-7-11-16/h2,4-5,8-9,12-13,16-17,20-21H,3,6-7,10-11H2,1H3. The molecule has 2 atom stereocenters. The molecule has 1 aromatic rings. The third kappa shape index (κ3) is 2.59. The fourth-order valence-electron chi connectivity index (χ4n) is 3.77. The third-order valence-electron chi connectivity index (χ3n) is 5.02. The molecule has 0 spiro atoms. The van der Waals surface area contributed by atoms with Gasteiger partial charge in [0, 0.05) is 0 Å². The van der Waals surface area contributed by atoms with Gasteiger partial charge in [0.25, 0.3) is 0 Å². The molecule has 2 N–H and O–H groups in total. The fourth-order valence-corrected chi connectivity index (χ4v) is 3.77. The van der Waals surface area contributed by atoms with Crippen molar-refractivity contribution in [3.63, 3.8) is 0 Å². The molecule has 3 rings (SSSR count). The van der Waals surface area contributed by atoms with Crippen LogP contribution in [0.5, 0.6) is 0 Å². The topological polar surface area (TPSA) is 49.7 Å². The van der Waals surface area contributed by atoms with E-state index in [1.165, 1.54) is 6.42 Å². The van der Waals surface area contributed by atoms with Crippen molar-refractivity contribution in [3.8, 4) is 0 Å². The molecule has 2 aliphatic rings. The van der Waals surface area contributed by atoms with Crippen LogP contribution in [-0.2, 0) is 4.74 Å². The Balaban J connectivity index is 1.95. The molecule has 2 aliphatic carbocycles. The average Bonchev–Trinajstić information content (AvgIpc) is 2.58. The molecular weight excluding hydrogens is 276 g/mol. The summed E-state index contributed by atoms with van der Waals surface area (Å²) in [5.74, 6) is 0.532. The summed E-state index contributed by atoms with van der Waals surface area (Å²) in [5, 5.41) is 21.9. The lowest BCUT2D eigenvalue weighted by Crippen LogP contribution is -2.52. The second-order valence-electron chi connectivity index (χ2n) is 6.31. The van der Waals surface area contributed by atoms with Gasteiger partial charge < -0.3 is 14.9 Å². The molecule has 22 heavy (non-hydrogen) atoms. The van der Waals surface area contributed by atoms with Crippen molar-refractivity contribution < 1.29 is 14.9 Å². The zero-order valence-electron chi connectivity index (χ0n) is 13.0. The van der Waals surface area contributed by atoms with Gasteiger partial charge in [-0.3, -0.25) is 0 Å². The van der Waals surface area contributed by atoms with Crippen molar-refractivity contribution in [3.05, 3.63) is 53.8 Å². The van der Waals surface area contributed by atoms with Crippen molar-refractivity contribution >= 4 is 5.57 Å². The summed E-state index contributed by atoms with van der Waals surface area (Å²) in [6, 6.07) is 9.87. The van der Waals surface area contributed by atoms with Crippen LogP contribution in [-0.4, -0.2) is 29.0 Å². The van der Waals surface area contributed by atoms with Gasteiger partial charge in [0.15, 0.2) is 5.60 Å². The predicted octanol–water partition coefficient (Wildman–Crippen LogP) is 3.29. The summed E-state index contributed by atoms with van der Waals surface area (Å²) in [6.07, 6.45) is 7.97. The van der Waals surface area contributed by atoms with E-state index in [0.29, 0.717) is 5.76 Å². The van der Waals surface area contributed by atoms with E-state index in [1.54, 1.807) is 13.2 Å². The van der Waals surface area contributed by atoms with Gasteiger partial charge in [-0.2, -0.15) is 0 Å². The van der Waals surface area contributed by atoms with Crippen molar-refractivity contribution in [2.75, 3.05) is 7.11 Å². The molecule has 3 nitrogen and oxygen atoms in total. The summed E-state index contributed by atoms with van der Waals surface area (Å²) in [5.41, 5.74) is 0.611. The van der Waals surface area contributed by atoms with Crippen molar-refractivity contribution in [2.24, 2.45) is 5.92 Å². The Morgan fingerprint density at radius 3 is 2.41 bits per heavy atom. The van der Waals surface area contributed by atoms with E-state index in [0.717, 1.165) is 36.8 Å². The average molecular weight is 300 g/mol. The Morgan fingerprint density at radius 1 is 1.09 bits per heavy atom. The molecular formula is C19H24O3. The van der Waals surface area contributed by atoms with E-state index in [4.69, 9.17) is 4.74 Å². The number of aliphatic hydroxyl groups excluding tert-OH is 1. The zero-order chi connectivity index (χ0) is 15.6. The third-order valence-corrected chi connectivity index (χ3v) is 5.02. The summed E-state index contributed by atoms with van der Waals surface area (Å²) < 4.78 is 5.49. The van der Waals surface area contributed by atoms with Crippen LogP contribution in [0.3, 0.4) is 0 Å². The van der Waals surface area contributed by atoms with E-state index >= 15 is 0 Å². The highest BCUT2D eigenvalue weighted by Gasteiger charge is 2.48. The SMILES string of the molecule is COC1=CC(c2ccccc2)=CC(O)C1(O)C1CCCCC1. The van der Waals surface area contributed by atoms with E-state index in [-0.39, 0.29) is 5.92 Å². The van der Waals surface area contributed by atoms with Crippen LogP contribution >= 0.6 is 0 Å². The number of allylic oxidation sites excluding steroid dienone is 2. The van der Waals surface area contributed by atoms with Crippen LogP contribution in [0.4, 0.5) is 0 Å².